The van der Waals surface area contributed by atoms with Gasteiger partial charge in [0.25, 0.3) is 0 Å². The van der Waals surface area contributed by atoms with Crippen molar-refractivity contribution >= 4 is 33.5 Å². The van der Waals surface area contributed by atoms with Crippen LogP contribution in [0.25, 0.3) is 21.7 Å². The van der Waals surface area contributed by atoms with Crippen LogP contribution in [0.15, 0.2) is 53.1 Å². The second kappa shape index (κ2) is 7.44. The molecule has 30 heavy (non-hydrogen) atoms. The van der Waals surface area contributed by atoms with Crippen LogP contribution in [0.1, 0.15) is 17.1 Å². The molecule has 3 heterocycles. The molecule has 6 heteroatoms. The minimum atomic E-state index is 0.139. The average Bonchev–Trinajstić information content (AvgIpc) is 3.16. The highest BCUT2D eigenvalue weighted by molar-refractivity contribution is 6.08. The first-order valence-corrected chi connectivity index (χ1v) is 10.3. The minimum absolute atomic E-state index is 0.139. The summed E-state index contributed by atoms with van der Waals surface area (Å²) in [5.41, 5.74) is 2.75. The summed E-state index contributed by atoms with van der Waals surface area (Å²) in [6.07, 6.45) is 2.09. The largest absolute Gasteiger partial charge is 0.464 e. The molecule has 6 nitrogen and oxygen atoms in total. The molecule has 152 valence electrons. The molecule has 1 amide bonds. The maximum absolute atomic E-state index is 13.0. The van der Waals surface area contributed by atoms with Crippen molar-refractivity contribution in [3.05, 3.63) is 65.8 Å². The molecule has 2 aromatic heterocycles. The van der Waals surface area contributed by atoms with Crippen molar-refractivity contribution in [2.24, 2.45) is 0 Å². The fraction of sp³-hybridized carbons (Fsp3) is 0.292. The molecule has 1 aliphatic heterocycles. The number of hydrogen-bond donors (Lipinski definition) is 0. The van der Waals surface area contributed by atoms with Crippen LogP contribution in [0.5, 0.6) is 0 Å². The van der Waals surface area contributed by atoms with Crippen LogP contribution in [0.4, 0.5) is 5.82 Å². The van der Waals surface area contributed by atoms with Crippen LogP contribution < -0.4 is 4.90 Å². The number of hydrogen-bond acceptors (Lipinski definition) is 5. The molecule has 0 radical (unpaired) electrons. The van der Waals surface area contributed by atoms with Gasteiger partial charge in [-0.3, -0.25) is 4.79 Å². The summed E-state index contributed by atoms with van der Waals surface area (Å²) in [5, 5.41) is 3.34. The van der Waals surface area contributed by atoms with Gasteiger partial charge >= 0.3 is 0 Å². The van der Waals surface area contributed by atoms with Crippen molar-refractivity contribution in [3.8, 4) is 0 Å². The minimum Gasteiger partial charge on any atom is -0.464 e. The number of aromatic nitrogens is 2. The lowest BCUT2D eigenvalue weighted by Gasteiger charge is -2.35. The Morgan fingerprint density at radius 3 is 2.63 bits per heavy atom. The van der Waals surface area contributed by atoms with E-state index in [1.165, 1.54) is 0 Å². The Bertz CT molecular complexity index is 1220. The highest BCUT2D eigenvalue weighted by atomic mass is 16.3. The van der Waals surface area contributed by atoms with Gasteiger partial charge in [-0.15, -0.1) is 0 Å². The third-order valence-corrected chi connectivity index (χ3v) is 5.79. The molecule has 0 saturated carbocycles. The van der Waals surface area contributed by atoms with E-state index in [1.54, 1.807) is 6.26 Å². The maximum atomic E-state index is 13.0. The quantitative estimate of drug-likeness (QED) is 0.522. The van der Waals surface area contributed by atoms with Gasteiger partial charge in [-0.1, -0.05) is 30.3 Å². The van der Waals surface area contributed by atoms with Gasteiger partial charge in [0, 0.05) is 48.9 Å². The van der Waals surface area contributed by atoms with E-state index >= 15 is 0 Å². The first-order valence-electron chi connectivity index (χ1n) is 10.3. The summed E-state index contributed by atoms with van der Waals surface area (Å²) in [4.78, 5) is 26.1. The van der Waals surface area contributed by atoms with E-state index in [4.69, 9.17) is 4.42 Å². The fourth-order valence-electron chi connectivity index (χ4n) is 4.32. The molecular weight excluding hydrogens is 376 g/mol. The number of carbonyl (C=O) groups excluding carboxylic acids is 1. The average molecular weight is 400 g/mol. The smallest absolute Gasteiger partial charge is 0.227 e. The molecule has 0 atom stereocenters. The van der Waals surface area contributed by atoms with Crippen LogP contribution in [0, 0.1) is 13.8 Å². The number of benzene rings is 2. The lowest BCUT2D eigenvalue weighted by atomic mass is 10.0. The molecule has 1 saturated heterocycles. The number of carbonyl (C=O) groups is 1. The third-order valence-electron chi connectivity index (χ3n) is 5.79. The van der Waals surface area contributed by atoms with Crippen LogP contribution in [-0.4, -0.2) is 47.0 Å². The molecule has 1 aliphatic rings. The molecule has 0 N–H and O–H groups in total. The molecule has 5 rings (SSSR count). The lowest BCUT2D eigenvalue weighted by molar-refractivity contribution is -0.130. The summed E-state index contributed by atoms with van der Waals surface area (Å²) in [7, 11) is 0. The molecule has 0 aliphatic carbocycles. The Morgan fingerprint density at radius 2 is 1.83 bits per heavy atom. The first kappa shape index (κ1) is 18.6. The number of anilines is 1. The zero-order valence-electron chi connectivity index (χ0n) is 17.3. The Balaban J connectivity index is 1.32. The van der Waals surface area contributed by atoms with Crippen LogP contribution in [-0.2, 0) is 11.2 Å². The lowest BCUT2D eigenvalue weighted by Crippen LogP contribution is -2.49. The van der Waals surface area contributed by atoms with E-state index in [0.29, 0.717) is 19.5 Å². The van der Waals surface area contributed by atoms with Gasteiger partial charge in [-0.05, 0) is 30.7 Å². The van der Waals surface area contributed by atoms with E-state index in [-0.39, 0.29) is 5.91 Å². The van der Waals surface area contributed by atoms with Crippen molar-refractivity contribution < 1.29 is 9.21 Å². The fourth-order valence-corrected chi connectivity index (χ4v) is 4.32. The number of furan rings is 1. The Kier molecular flexibility index (Phi) is 4.62. The molecule has 4 aromatic rings. The second-order valence-corrected chi connectivity index (χ2v) is 7.88. The van der Waals surface area contributed by atoms with Crippen molar-refractivity contribution in [1.82, 2.24) is 14.9 Å². The van der Waals surface area contributed by atoms with Gasteiger partial charge in [-0.25, -0.2) is 9.97 Å². The number of nitrogens with zero attached hydrogens (tertiary/aromatic N) is 4. The van der Waals surface area contributed by atoms with Gasteiger partial charge in [0.05, 0.1) is 12.7 Å². The predicted octanol–water partition coefficient (Wildman–Crippen LogP) is 3.88. The van der Waals surface area contributed by atoms with Gasteiger partial charge in [0.1, 0.15) is 17.2 Å². The van der Waals surface area contributed by atoms with Crippen molar-refractivity contribution in [2.75, 3.05) is 31.1 Å². The summed E-state index contributed by atoms with van der Waals surface area (Å²) in [6.45, 7) is 6.83. The normalized spacial score (nSPS) is 14.6. The van der Waals surface area contributed by atoms with Gasteiger partial charge in [-0.2, -0.15) is 0 Å². The molecule has 2 aromatic carbocycles. The van der Waals surface area contributed by atoms with Crippen molar-refractivity contribution in [1.29, 1.82) is 0 Å². The number of piperazine rings is 1. The number of amides is 1. The monoisotopic (exact) mass is 400 g/mol. The highest BCUT2D eigenvalue weighted by Gasteiger charge is 2.23. The predicted molar refractivity (Wildman–Crippen MR) is 118 cm³/mol. The van der Waals surface area contributed by atoms with E-state index in [1.807, 2.05) is 43.0 Å². The SMILES string of the molecule is Cc1cc(N2CCN(C(=O)Cc3coc4ccc5ccccc5c34)CC2)nc(C)n1. The maximum Gasteiger partial charge on any atom is 0.227 e. The number of aryl methyl sites for hydroxylation is 2. The van der Waals surface area contributed by atoms with E-state index in [0.717, 1.165) is 57.7 Å². The Morgan fingerprint density at radius 1 is 1.03 bits per heavy atom. The third kappa shape index (κ3) is 3.38. The first-order chi connectivity index (χ1) is 14.6. The Labute approximate surface area is 175 Å². The molecular formula is C24H24N4O2. The van der Waals surface area contributed by atoms with E-state index in [2.05, 4.69) is 33.1 Å². The summed E-state index contributed by atoms with van der Waals surface area (Å²) >= 11 is 0. The summed E-state index contributed by atoms with van der Waals surface area (Å²) in [5.74, 6) is 1.86. The topological polar surface area (TPSA) is 62.5 Å². The van der Waals surface area contributed by atoms with E-state index in [9.17, 15) is 4.79 Å². The van der Waals surface area contributed by atoms with Gasteiger partial charge < -0.3 is 14.2 Å². The van der Waals surface area contributed by atoms with Gasteiger partial charge in [0.2, 0.25) is 5.91 Å². The van der Waals surface area contributed by atoms with Crippen molar-refractivity contribution in [3.63, 3.8) is 0 Å². The second-order valence-electron chi connectivity index (χ2n) is 7.88. The molecule has 0 unspecified atom stereocenters. The standard InChI is InChI=1S/C24H24N4O2/c1-16-13-22(26-17(2)25-16)27-9-11-28(12-10-27)23(29)14-19-15-30-21-8-7-18-5-3-4-6-20(18)24(19)21/h3-8,13,15H,9-12,14H2,1-2H3. The van der Waals surface area contributed by atoms with Crippen LogP contribution in [0.3, 0.4) is 0 Å². The number of fused-ring (bicyclic) bond motifs is 3. The molecule has 1 fully saturated rings. The number of rotatable bonds is 3. The van der Waals surface area contributed by atoms with Gasteiger partial charge in [0.15, 0.2) is 0 Å². The zero-order valence-corrected chi connectivity index (χ0v) is 17.3. The van der Waals surface area contributed by atoms with Crippen LogP contribution in [0.2, 0.25) is 0 Å². The highest BCUT2D eigenvalue weighted by Crippen LogP contribution is 2.30. The van der Waals surface area contributed by atoms with Crippen molar-refractivity contribution in [2.45, 2.75) is 20.3 Å². The molecule has 0 bridgehead atoms. The van der Waals surface area contributed by atoms with Crippen LogP contribution >= 0.6 is 0 Å². The summed E-state index contributed by atoms with van der Waals surface area (Å²) < 4.78 is 5.75. The zero-order chi connectivity index (χ0) is 20.7. The molecule has 0 spiro atoms. The van der Waals surface area contributed by atoms with E-state index < -0.39 is 0 Å². The summed E-state index contributed by atoms with van der Waals surface area (Å²) in [6, 6.07) is 14.3. The Hall–Kier alpha value is -3.41.